The standard InChI is InChI=1S/C15H10N2O4/c1-9-6-10(8-16-7-9)15(20)21-17-13(18)11-4-2-3-5-12(11)14(17)19/h2-8H,1H3. The van der Waals surface area contributed by atoms with Gasteiger partial charge in [0.05, 0.1) is 16.7 Å². The number of imide groups is 1. The molecule has 1 aromatic carbocycles. The van der Waals surface area contributed by atoms with Crippen LogP contribution in [0.25, 0.3) is 0 Å². The maximum atomic E-state index is 12.1. The first-order valence-corrected chi connectivity index (χ1v) is 6.19. The molecule has 0 radical (unpaired) electrons. The van der Waals surface area contributed by atoms with Crippen LogP contribution in [0.5, 0.6) is 0 Å². The lowest BCUT2D eigenvalue weighted by Gasteiger charge is -2.12. The molecule has 2 heterocycles. The monoisotopic (exact) mass is 282 g/mol. The van der Waals surface area contributed by atoms with E-state index in [1.165, 1.54) is 18.3 Å². The van der Waals surface area contributed by atoms with E-state index in [1.54, 1.807) is 31.3 Å². The normalized spacial score (nSPS) is 13.3. The van der Waals surface area contributed by atoms with Gasteiger partial charge in [0.1, 0.15) is 0 Å². The van der Waals surface area contributed by atoms with Crippen molar-refractivity contribution in [2.45, 2.75) is 6.92 Å². The first kappa shape index (κ1) is 13.0. The van der Waals surface area contributed by atoms with Crippen molar-refractivity contribution in [3.05, 3.63) is 65.0 Å². The van der Waals surface area contributed by atoms with Crippen LogP contribution in [0.2, 0.25) is 0 Å². The summed E-state index contributed by atoms with van der Waals surface area (Å²) in [7, 11) is 0. The Morgan fingerprint density at radius 3 is 2.29 bits per heavy atom. The number of hydroxylamine groups is 2. The van der Waals surface area contributed by atoms with Crippen LogP contribution in [0.4, 0.5) is 0 Å². The maximum absolute atomic E-state index is 12.1. The van der Waals surface area contributed by atoms with Crippen LogP contribution in [0.3, 0.4) is 0 Å². The van der Waals surface area contributed by atoms with Gasteiger partial charge in [-0.15, -0.1) is 0 Å². The predicted octanol–water partition coefficient (Wildman–Crippen LogP) is 1.76. The molecule has 1 aliphatic heterocycles. The number of amides is 2. The number of aromatic nitrogens is 1. The minimum Gasteiger partial charge on any atom is -0.324 e. The van der Waals surface area contributed by atoms with Gasteiger partial charge in [-0.3, -0.25) is 14.6 Å². The topological polar surface area (TPSA) is 76.6 Å². The average Bonchev–Trinajstić information content (AvgIpc) is 2.73. The molecule has 2 aromatic rings. The number of carbonyl (C=O) groups is 3. The van der Waals surface area contributed by atoms with E-state index in [-0.39, 0.29) is 16.7 Å². The summed E-state index contributed by atoms with van der Waals surface area (Å²) in [6, 6.07) is 7.86. The van der Waals surface area contributed by atoms with Gasteiger partial charge >= 0.3 is 5.97 Å². The summed E-state index contributed by atoms with van der Waals surface area (Å²) in [6.07, 6.45) is 2.90. The summed E-state index contributed by atoms with van der Waals surface area (Å²) in [5, 5.41) is 0.481. The first-order valence-electron chi connectivity index (χ1n) is 6.19. The van der Waals surface area contributed by atoms with Gasteiger partial charge in [0, 0.05) is 12.4 Å². The quantitative estimate of drug-likeness (QED) is 0.784. The summed E-state index contributed by atoms with van der Waals surface area (Å²) in [6.45, 7) is 1.77. The third kappa shape index (κ3) is 2.16. The van der Waals surface area contributed by atoms with Gasteiger partial charge in [-0.25, -0.2) is 4.79 Å². The highest BCUT2D eigenvalue weighted by Gasteiger charge is 2.38. The largest absolute Gasteiger partial charge is 0.365 e. The summed E-state index contributed by atoms with van der Waals surface area (Å²) < 4.78 is 0. The molecule has 0 spiro atoms. The molecule has 0 aliphatic carbocycles. The Labute approximate surface area is 119 Å². The Bertz CT molecular complexity index is 735. The fourth-order valence-corrected chi connectivity index (χ4v) is 2.05. The van der Waals surface area contributed by atoms with Crippen molar-refractivity contribution >= 4 is 17.8 Å². The molecule has 6 nitrogen and oxygen atoms in total. The highest BCUT2D eigenvalue weighted by Crippen LogP contribution is 2.23. The highest BCUT2D eigenvalue weighted by atomic mass is 16.7. The van der Waals surface area contributed by atoms with Crippen molar-refractivity contribution in [1.29, 1.82) is 0 Å². The van der Waals surface area contributed by atoms with Crippen molar-refractivity contribution in [2.24, 2.45) is 0 Å². The number of fused-ring (bicyclic) bond motifs is 1. The van der Waals surface area contributed by atoms with Crippen molar-refractivity contribution in [3.63, 3.8) is 0 Å². The van der Waals surface area contributed by atoms with E-state index in [4.69, 9.17) is 4.84 Å². The molecule has 6 heteroatoms. The fraction of sp³-hybridized carbons (Fsp3) is 0.0667. The van der Waals surface area contributed by atoms with Crippen molar-refractivity contribution < 1.29 is 19.2 Å². The Hall–Kier alpha value is -3.02. The lowest BCUT2D eigenvalue weighted by Crippen LogP contribution is -2.32. The highest BCUT2D eigenvalue weighted by molar-refractivity contribution is 6.21. The van der Waals surface area contributed by atoms with Gasteiger partial charge in [0.15, 0.2) is 0 Å². The smallest absolute Gasteiger partial charge is 0.324 e. The molecule has 0 bridgehead atoms. The molecule has 21 heavy (non-hydrogen) atoms. The second kappa shape index (κ2) is 4.82. The summed E-state index contributed by atoms with van der Waals surface area (Å²) >= 11 is 0. The minimum absolute atomic E-state index is 0.173. The van der Waals surface area contributed by atoms with Crippen molar-refractivity contribution in [3.8, 4) is 0 Å². The molecule has 0 unspecified atom stereocenters. The molecule has 104 valence electrons. The number of carbonyl (C=O) groups excluding carboxylic acids is 3. The lowest BCUT2D eigenvalue weighted by molar-refractivity contribution is -0.0584. The number of hydrogen-bond donors (Lipinski definition) is 0. The maximum Gasteiger partial charge on any atom is 0.365 e. The molecule has 1 aliphatic rings. The predicted molar refractivity (Wildman–Crippen MR) is 71.3 cm³/mol. The van der Waals surface area contributed by atoms with Gasteiger partial charge < -0.3 is 4.84 Å². The minimum atomic E-state index is -0.805. The molecule has 0 saturated heterocycles. The number of benzene rings is 1. The van der Waals surface area contributed by atoms with Crippen molar-refractivity contribution in [1.82, 2.24) is 10.0 Å². The van der Waals surface area contributed by atoms with Gasteiger partial charge in [-0.1, -0.05) is 17.2 Å². The average molecular weight is 282 g/mol. The Balaban J connectivity index is 1.85. The molecule has 0 saturated carbocycles. The third-order valence-corrected chi connectivity index (χ3v) is 3.04. The van der Waals surface area contributed by atoms with Gasteiger partial charge in [0.25, 0.3) is 11.8 Å². The van der Waals surface area contributed by atoms with E-state index < -0.39 is 17.8 Å². The van der Waals surface area contributed by atoms with Crippen LogP contribution in [-0.2, 0) is 4.84 Å². The van der Waals surface area contributed by atoms with Crippen LogP contribution in [0.1, 0.15) is 36.6 Å². The van der Waals surface area contributed by atoms with E-state index in [1.807, 2.05) is 0 Å². The first-order chi connectivity index (χ1) is 10.1. The van der Waals surface area contributed by atoms with Crippen LogP contribution < -0.4 is 0 Å². The summed E-state index contributed by atoms with van der Waals surface area (Å²) in [5.41, 5.74) is 1.38. The van der Waals surface area contributed by atoms with Crippen LogP contribution in [-0.4, -0.2) is 27.8 Å². The van der Waals surface area contributed by atoms with E-state index in [0.29, 0.717) is 5.06 Å². The lowest BCUT2D eigenvalue weighted by atomic mass is 10.1. The number of nitrogens with zero attached hydrogens (tertiary/aromatic N) is 2. The second-order valence-corrected chi connectivity index (χ2v) is 4.58. The van der Waals surface area contributed by atoms with Crippen LogP contribution >= 0.6 is 0 Å². The zero-order valence-corrected chi connectivity index (χ0v) is 11.1. The van der Waals surface area contributed by atoms with E-state index in [9.17, 15) is 14.4 Å². The molecule has 0 N–H and O–H groups in total. The number of aryl methyl sites for hydroxylation is 1. The molecular weight excluding hydrogens is 272 g/mol. The summed E-state index contributed by atoms with van der Waals surface area (Å²) in [4.78, 5) is 44.9. The molecule has 0 atom stereocenters. The number of pyridine rings is 1. The van der Waals surface area contributed by atoms with Gasteiger partial charge in [-0.05, 0) is 30.7 Å². The van der Waals surface area contributed by atoms with E-state index in [2.05, 4.69) is 4.98 Å². The molecular formula is C15H10N2O4. The zero-order valence-electron chi connectivity index (χ0n) is 11.1. The van der Waals surface area contributed by atoms with Gasteiger partial charge in [-0.2, -0.15) is 0 Å². The fourth-order valence-electron chi connectivity index (χ4n) is 2.05. The van der Waals surface area contributed by atoms with Gasteiger partial charge in [0.2, 0.25) is 0 Å². The molecule has 1 aromatic heterocycles. The Kier molecular flexibility index (Phi) is 2.98. The summed E-state index contributed by atoms with van der Waals surface area (Å²) in [5.74, 6) is -2.10. The zero-order chi connectivity index (χ0) is 15.0. The second-order valence-electron chi connectivity index (χ2n) is 4.58. The Morgan fingerprint density at radius 2 is 1.71 bits per heavy atom. The molecule has 3 rings (SSSR count). The van der Waals surface area contributed by atoms with Crippen LogP contribution in [0, 0.1) is 6.92 Å². The van der Waals surface area contributed by atoms with E-state index in [0.717, 1.165) is 5.56 Å². The number of rotatable bonds is 2. The molecule has 2 amide bonds. The third-order valence-electron chi connectivity index (χ3n) is 3.04. The Morgan fingerprint density at radius 1 is 1.10 bits per heavy atom. The van der Waals surface area contributed by atoms with Crippen LogP contribution in [0.15, 0.2) is 42.7 Å². The van der Waals surface area contributed by atoms with Crippen molar-refractivity contribution in [2.75, 3.05) is 0 Å². The number of hydrogen-bond acceptors (Lipinski definition) is 5. The SMILES string of the molecule is Cc1cncc(C(=O)ON2C(=O)c3ccccc3C2=O)c1. The van der Waals surface area contributed by atoms with E-state index >= 15 is 0 Å². The molecule has 0 fully saturated rings.